The van der Waals surface area contributed by atoms with Gasteiger partial charge in [0, 0.05) is 19.0 Å². The lowest BCUT2D eigenvalue weighted by Crippen LogP contribution is -2.35. The summed E-state index contributed by atoms with van der Waals surface area (Å²) in [6.45, 7) is 0.448. The standard InChI is InChI=1S/C15H11ClFN3O3/c1-22-12-5-9(8(17)4-7(12)16)20-10(6-18)13-14-11(23-14)2-3-19(13)15(20)21/h4-5,10-11H,2-3H2,1H3. The van der Waals surface area contributed by atoms with E-state index in [4.69, 9.17) is 21.1 Å². The number of fused-ring (bicyclic) bond motifs is 2. The highest BCUT2D eigenvalue weighted by Gasteiger charge is 2.54. The zero-order valence-electron chi connectivity index (χ0n) is 12.0. The number of carbonyl (C=O) groups is 1. The van der Waals surface area contributed by atoms with Crippen LogP contribution in [0.3, 0.4) is 0 Å². The predicted molar refractivity (Wildman–Crippen MR) is 78.5 cm³/mol. The van der Waals surface area contributed by atoms with Crippen LogP contribution in [0.5, 0.6) is 5.75 Å². The molecule has 0 bridgehead atoms. The van der Waals surface area contributed by atoms with Gasteiger partial charge < -0.3 is 9.47 Å². The summed E-state index contributed by atoms with van der Waals surface area (Å²) in [4.78, 5) is 15.3. The molecule has 0 saturated carbocycles. The highest BCUT2D eigenvalue weighted by molar-refractivity contribution is 6.32. The molecule has 0 spiro atoms. The Labute approximate surface area is 136 Å². The van der Waals surface area contributed by atoms with Crippen LogP contribution in [0.2, 0.25) is 5.02 Å². The molecule has 118 valence electrons. The fourth-order valence-corrected chi connectivity index (χ4v) is 3.33. The largest absolute Gasteiger partial charge is 0.495 e. The number of hydrogen-bond donors (Lipinski definition) is 0. The van der Waals surface area contributed by atoms with Gasteiger partial charge in [-0.05, 0) is 6.07 Å². The number of anilines is 1. The van der Waals surface area contributed by atoms with Crippen LogP contribution in [0.15, 0.2) is 23.6 Å². The Bertz CT molecular complexity index is 804. The zero-order chi connectivity index (χ0) is 16.3. The first kappa shape index (κ1) is 14.2. The number of benzene rings is 1. The van der Waals surface area contributed by atoms with Gasteiger partial charge in [-0.3, -0.25) is 9.80 Å². The second-order valence-electron chi connectivity index (χ2n) is 5.42. The normalized spacial score (nSPS) is 24.9. The van der Waals surface area contributed by atoms with Crippen molar-refractivity contribution in [3.8, 4) is 11.8 Å². The molecule has 2 unspecified atom stereocenters. The number of urea groups is 1. The fraction of sp³-hybridized carbons (Fsp3) is 0.333. The van der Waals surface area contributed by atoms with E-state index in [0.29, 0.717) is 24.4 Å². The van der Waals surface area contributed by atoms with Crippen LogP contribution in [0.25, 0.3) is 0 Å². The van der Waals surface area contributed by atoms with E-state index in [9.17, 15) is 14.4 Å². The highest BCUT2D eigenvalue weighted by Crippen LogP contribution is 2.46. The van der Waals surface area contributed by atoms with Crippen molar-refractivity contribution in [1.29, 1.82) is 5.26 Å². The minimum atomic E-state index is -0.928. The molecule has 0 aromatic heterocycles. The van der Waals surface area contributed by atoms with Crippen molar-refractivity contribution < 1.29 is 18.7 Å². The van der Waals surface area contributed by atoms with Crippen molar-refractivity contribution in [2.75, 3.05) is 18.6 Å². The summed E-state index contributed by atoms with van der Waals surface area (Å²) in [5, 5.41) is 9.62. The van der Waals surface area contributed by atoms with Crippen LogP contribution < -0.4 is 9.64 Å². The van der Waals surface area contributed by atoms with Crippen LogP contribution in [0, 0.1) is 17.1 Å². The number of hydrogen-bond acceptors (Lipinski definition) is 4. The van der Waals surface area contributed by atoms with E-state index in [1.165, 1.54) is 18.1 Å². The lowest BCUT2D eigenvalue weighted by atomic mass is 10.1. The van der Waals surface area contributed by atoms with Crippen LogP contribution in [0.4, 0.5) is 14.9 Å². The van der Waals surface area contributed by atoms with Gasteiger partial charge in [0.2, 0.25) is 0 Å². The number of methoxy groups -OCH3 is 1. The van der Waals surface area contributed by atoms with E-state index in [1.807, 2.05) is 0 Å². The van der Waals surface area contributed by atoms with E-state index >= 15 is 0 Å². The number of ether oxygens (including phenoxy) is 2. The molecule has 2 fully saturated rings. The molecule has 2 atom stereocenters. The van der Waals surface area contributed by atoms with Crippen LogP contribution in [0.1, 0.15) is 6.42 Å². The minimum Gasteiger partial charge on any atom is -0.495 e. The summed E-state index contributed by atoms with van der Waals surface area (Å²) in [5.41, 5.74) is 0.476. The van der Waals surface area contributed by atoms with Gasteiger partial charge in [0.1, 0.15) is 17.3 Å². The highest BCUT2D eigenvalue weighted by atomic mass is 35.5. The number of nitriles is 1. The zero-order valence-corrected chi connectivity index (χ0v) is 12.8. The molecule has 1 aromatic rings. The van der Waals surface area contributed by atoms with Crippen molar-refractivity contribution >= 4 is 23.3 Å². The SMILES string of the molecule is COc1cc(N2C(=O)N3CCC4OC4=C3C2C#N)c(F)cc1Cl. The number of halogens is 2. The maximum atomic E-state index is 14.4. The predicted octanol–water partition coefficient (Wildman–Crippen LogP) is 2.64. The average molecular weight is 336 g/mol. The van der Waals surface area contributed by atoms with E-state index in [0.717, 1.165) is 11.0 Å². The summed E-state index contributed by atoms with van der Waals surface area (Å²) in [6.07, 6.45) is 0.664. The molecule has 2 saturated heterocycles. The van der Waals surface area contributed by atoms with E-state index < -0.39 is 17.9 Å². The van der Waals surface area contributed by atoms with Crippen LogP contribution >= 0.6 is 11.6 Å². The Balaban J connectivity index is 1.85. The molecule has 3 aliphatic rings. The maximum Gasteiger partial charge on any atom is 0.330 e. The summed E-state index contributed by atoms with van der Waals surface area (Å²) < 4.78 is 24.9. The van der Waals surface area contributed by atoms with Gasteiger partial charge in [0.05, 0.1) is 23.9 Å². The van der Waals surface area contributed by atoms with Crippen molar-refractivity contribution in [3.63, 3.8) is 0 Å². The molecule has 0 N–H and O–H groups in total. The molecule has 6 nitrogen and oxygen atoms in total. The number of carbonyl (C=O) groups excluding carboxylic acids is 1. The fourth-order valence-electron chi connectivity index (χ4n) is 3.10. The quantitative estimate of drug-likeness (QED) is 0.779. The number of rotatable bonds is 2. The number of epoxide rings is 1. The lowest BCUT2D eigenvalue weighted by molar-refractivity contribution is 0.225. The molecule has 3 heterocycles. The third kappa shape index (κ3) is 1.88. The molecular weight excluding hydrogens is 325 g/mol. The first-order valence-electron chi connectivity index (χ1n) is 7.01. The maximum absolute atomic E-state index is 14.4. The van der Waals surface area contributed by atoms with Gasteiger partial charge in [0.25, 0.3) is 0 Å². The number of nitrogens with zero attached hydrogens (tertiary/aromatic N) is 3. The molecule has 2 amide bonds. The molecule has 3 aliphatic heterocycles. The summed E-state index contributed by atoms with van der Waals surface area (Å²) in [5.74, 6) is 0.193. The molecule has 0 radical (unpaired) electrons. The van der Waals surface area contributed by atoms with Crippen molar-refractivity contribution in [2.45, 2.75) is 18.6 Å². The second kappa shape index (κ2) is 4.77. The average Bonchev–Trinajstić information content (AvgIpc) is 3.27. The van der Waals surface area contributed by atoms with E-state index in [1.54, 1.807) is 0 Å². The third-order valence-electron chi connectivity index (χ3n) is 4.22. The Hall–Kier alpha value is -2.46. The van der Waals surface area contributed by atoms with E-state index in [-0.39, 0.29) is 22.6 Å². The molecule has 4 rings (SSSR count). The Morgan fingerprint density at radius 3 is 3.00 bits per heavy atom. The van der Waals surface area contributed by atoms with Gasteiger partial charge in [-0.25, -0.2) is 9.18 Å². The first-order valence-corrected chi connectivity index (χ1v) is 7.38. The third-order valence-corrected chi connectivity index (χ3v) is 4.52. The van der Waals surface area contributed by atoms with Crippen molar-refractivity contribution in [1.82, 2.24) is 4.90 Å². The number of amides is 2. The van der Waals surface area contributed by atoms with Gasteiger partial charge in [-0.2, -0.15) is 5.26 Å². The Morgan fingerprint density at radius 2 is 2.30 bits per heavy atom. The van der Waals surface area contributed by atoms with Crippen LogP contribution in [-0.4, -0.2) is 36.7 Å². The summed E-state index contributed by atoms with van der Waals surface area (Å²) >= 11 is 5.89. The molecule has 8 heteroatoms. The molecular formula is C15H11ClFN3O3. The minimum absolute atomic E-state index is 0.0190. The molecule has 1 aromatic carbocycles. The molecule has 0 aliphatic carbocycles. The smallest absolute Gasteiger partial charge is 0.330 e. The topological polar surface area (TPSA) is 69.1 Å². The van der Waals surface area contributed by atoms with Gasteiger partial charge >= 0.3 is 6.03 Å². The van der Waals surface area contributed by atoms with Crippen molar-refractivity contribution in [3.05, 3.63) is 34.4 Å². The van der Waals surface area contributed by atoms with Gasteiger partial charge in [-0.15, -0.1) is 0 Å². The second-order valence-corrected chi connectivity index (χ2v) is 5.83. The summed E-state index contributed by atoms with van der Waals surface area (Å²) in [6, 6.07) is 3.09. The molecule has 23 heavy (non-hydrogen) atoms. The first-order chi connectivity index (χ1) is 11.1. The van der Waals surface area contributed by atoms with Crippen LogP contribution in [-0.2, 0) is 4.74 Å². The van der Waals surface area contributed by atoms with Crippen molar-refractivity contribution in [2.24, 2.45) is 0 Å². The summed E-state index contributed by atoms with van der Waals surface area (Å²) in [7, 11) is 1.40. The van der Waals surface area contributed by atoms with E-state index in [2.05, 4.69) is 6.07 Å². The lowest BCUT2D eigenvalue weighted by Gasteiger charge is -2.20. The Morgan fingerprint density at radius 1 is 1.52 bits per heavy atom. The van der Waals surface area contributed by atoms with Gasteiger partial charge in [-0.1, -0.05) is 11.6 Å². The Kier molecular flexibility index (Phi) is 2.93. The van der Waals surface area contributed by atoms with Gasteiger partial charge in [0.15, 0.2) is 17.9 Å². The monoisotopic (exact) mass is 335 g/mol.